The van der Waals surface area contributed by atoms with Gasteiger partial charge in [0.1, 0.15) is 5.69 Å². The van der Waals surface area contributed by atoms with E-state index in [0.29, 0.717) is 28.8 Å². The van der Waals surface area contributed by atoms with E-state index in [0.717, 1.165) is 5.39 Å². The first-order valence-electron chi connectivity index (χ1n) is 6.59. The molecule has 3 heterocycles. The van der Waals surface area contributed by atoms with Gasteiger partial charge in [-0.1, -0.05) is 11.8 Å². The largest absolute Gasteiger partial charge is 0.350 e. The molecule has 0 aromatic carbocycles. The van der Waals surface area contributed by atoms with Crippen molar-refractivity contribution in [2.75, 3.05) is 12.3 Å². The van der Waals surface area contributed by atoms with Gasteiger partial charge in [0.2, 0.25) is 5.16 Å². The summed E-state index contributed by atoms with van der Waals surface area (Å²) < 4.78 is 1.59. The van der Waals surface area contributed by atoms with Gasteiger partial charge in [-0.05, 0) is 34.7 Å². The Balaban J connectivity index is 1.55. The maximum Gasteiger partial charge on any atom is 0.269 e. The van der Waals surface area contributed by atoms with Gasteiger partial charge in [-0.3, -0.25) is 4.79 Å². The molecule has 9 heteroatoms. The summed E-state index contributed by atoms with van der Waals surface area (Å²) in [6, 6.07) is 7.27. The molecule has 3 rings (SSSR count). The van der Waals surface area contributed by atoms with Crippen LogP contribution in [0.4, 0.5) is 0 Å². The Kier molecular flexibility index (Phi) is 4.24. The number of hydrogen-bond donors (Lipinski definition) is 1. The van der Waals surface area contributed by atoms with Crippen molar-refractivity contribution >= 4 is 28.7 Å². The predicted molar refractivity (Wildman–Crippen MR) is 81.4 cm³/mol. The van der Waals surface area contributed by atoms with Crippen molar-refractivity contribution in [3.63, 3.8) is 0 Å². The Morgan fingerprint density at radius 3 is 3.09 bits per heavy atom. The third-order valence-corrected chi connectivity index (χ3v) is 3.91. The van der Waals surface area contributed by atoms with Gasteiger partial charge in [0.15, 0.2) is 5.65 Å². The number of nitrogens with zero attached hydrogens (tertiary/aromatic N) is 6. The molecular weight excluding hydrogens is 302 g/mol. The third-order valence-electron chi connectivity index (χ3n) is 2.90. The number of aromatic nitrogens is 6. The number of carbonyl (C=O) groups excluding carboxylic acids is 1. The average molecular weight is 315 g/mol. The fourth-order valence-electron chi connectivity index (χ4n) is 1.82. The molecule has 0 saturated heterocycles. The second-order valence-electron chi connectivity index (χ2n) is 4.44. The highest BCUT2D eigenvalue weighted by molar-refractivity contribution is 7.99. The fourth-order valence-corrected chi connectivity index (χ4v) is 2.52. The molecule has 0 radical (unpaired) electrons. The Morgan fingerprint density at radius 2 is 2.27 bits per heavy atom. The van der Waals surface area contributed by atoms with Gasteiger partial charge < -0.3 is 5.32 Å². The van der Waals surface area contributed by atoms with E-state index in [1.54, 1.807) is 24.0 Å². The van der Waals surface area contributed by atoms with Crippen molar-refractivity contribution in [2.24, 2.45) is 7.05 Å². The SMILES string of the molecule is Cn1nnnc1SCCNC(=O)c1ccc2cccnc2n1. The van der Waals surface area contributed by atoms with Gasteiger partial charge in [-0.25, -0.2) is 14.6 Å². The van der Waals surface area contributed by atoms with Crippen molar-refractivity contribution < 1.29 is 4.79 Å². The number of rotatable bonds is 5. The summed E-state index contributed by atoms with van der Waals surface area (Å²) >= 11 is 1.47. The zero-order chi connectivity index (χ0) is 15.4. The van der Waals surface area contributed by atoms with Crippen LogP contribution in [-0.4, -0.2) is 48.4 Å². The van der Waals surface area contributed by atoms with E-state index in [4.69, 9.17) is 0 Å². The molecule has 3 aromatic heterocycles. The number of tetrazole rings is 1. The van der Waals surface area contributed by atoms with Crippen LogP contribution in [0.1, 0.15) is 10.5 Å². The van der Waals surface area contributed by atoms with Gasteiger partial charge >= 0.3 is 0 Å². The zero-order valence-corrected chi connectivity index (χ0v) is 12.6. The molecule has 0 aliphatic heterocycles. The summed E-state index contributed by atoms with van der Waals surface area (Å²) in [5.41, 5.74) is 0.922. The highest BCUT2D eigenvalue weighted by Gasteiger charge is 2.08. The molecule has 1 amide bonds. The highest BCUT2D eigenvalue weighted by atomic mass is 32.2. The van der Waals surface area contributed by atoms with Crippen molar-refractivity contribution in [3.8, 4) is 0 Å². The minimum Gasteiger partial charge on any atom is -0.350 e. The van der Waals surface area contributed by atoms with Crippen LogP contribution in [-0.2, 0) is 7.05 Å². The minimum atomic E-state index is -0.218. The summed E-state index contributed by atoms with van der Waals surface area (Å²) in [5.74, 6) is 0.454. The number of nitrogens with one attached hydrogen (secondary N) is 1. The molecule has 3 aromatic rings. The summed E-state index contributed by atoms with van der Waals surface area (Å²) in [5, 5.41) is 15.6. The van der Waals surface area contributed by atoms with Gasteiger partial charge in [0.25, 0.3) is 5.91 Å². The molecule has 0 bridgehead atoms. The highest BCUT2D eigenvalue weighted by Crippen LogP contribution is 2.11. The number of carbonyl (C=O) groups is 1. The molecule has 0 unspecified atom stereocenters. The lowest BCUT2D eigenvalue weighted by Crippen LogP contribution is -2.26. The molecule has 0 atom stereocenters. The number of hydrogen-bond acceptors (Lipinski definition) is 7. The van der Waals surface area contributed by atoms with E-state index < -0.39 is 0 Å². The molecule has 0 aliphatic rings. The van der Waals surface area contributed by atoms with Crippen LogP contribution in [0.3, 0.4) is 0 Å². The molecule has 0 aliphatic carbocycles. The second kappa shape index (κ2) is 6.48. The average Bonchev–Trinajstić information content (AvgIpc) is 2.96. The first kappa shape index (κ1) is 14.4. The van der Waals surface area contributed by atoms with Crippen molar-refractivity contribution in [1.82, 2.24) is 35.5 Å². The normalized spacial score (nSPS) is 10.8. The number of pyridine rings is 2. The number of amides is 1. The monoisotopic (exact) mass is 315 g/mol. The van der Waals surface area contributed by atoms with E-state index in [1.165, 1.54) is 11.8 Å². The smallest absolute Gasteiger partial charge is 0.269 e. The van der Waals surface area contributed by atoms with Crippen LogP contribution < -0.4 is 5.32 Å². The maximum absolute atomic E-state index is 12.1. The maximum atomic E-state index is 12.1. The first-order chi connectivity index (χ1) is 10.7. The molecule has 0 spiro atoms. The van der Waals surface area contributed by atoms with Crippen LogP contribution in [0.5, 0.6) is 0 Å². The quantitative estimate of drug-likeness (QED) is 0.546. The van der Waals surface area contributed by atoms with Crippen LogP contribution in [0.25, 0.3) is 11.0 Å². The van der Waals surface area contributed by atoms with E-state index in [2.05, 4.69) is 30.8 Å². The van der Waals surface area contributed by atoms with E-state index >= 15 is 0 Å². The molecular formula is C13H13N7OS. The van der Waals surface area contributed by atoms with Crippen LogP contribution in [0.2, 0.25) is 0 Å². The summed E-state index contributed by atoms with van der Waals surface area (Å²) in [6.45, 7) is 0.498. The molecule has 8 nitrogen and oxygen atoms in total. The van der Waals surface area contributed by atoms with Crippen molar-refractivity contribution in [3.05, 3.63) is 36.2 Å². The zero-order valence-electron chi connectivity index (χ0n) is 11.8. The molecule has 22 heavy (non-hydrogen) atoms. The Labute approximate surface area is 130 Å². The van der Waals surface area contributed by atoms with Crippen LogP contribution in [0.15, 0.2) is 35.6 Å². The third kappa shape index (κ3) is 3.19. The predicted octanol–water partition coefficient (Wildman–Crippen LogP) is 0.675. The van der Waals surface area contributed by atoms with Gasteiger partial charge in [-0.2, -0.15) is 0 Å². The molecule has 0 saturated carbocycles. The second-order valence-corrected chi connectivity index (χ2v) is 5.50. The van der Waals surface area contributed by atoms with Crippen molar-refractivity contribution in [2.45, 2.75) is 5.16 Å². The van der Waals surface area contributed by atoms with Crippen LogP contribution in [0, 0.1) is 0 Å². The van der Waals surface area contributed by atoms with E-state index in [-0.39, 0.29) is 5.91 Å². The lowest BCUT2D eigenvalue weighted by atomic mass is 10.2. The molecule has 0 fully saturated rings. The topological polar surface area (TPSA) is 98.5 Å². The number of aryl methyl sites for hydroxylation is 1. The number of fused-ring (bicyclic) bond motifs is 1. The van der Waals surface area contributed by atoms with Gasteiger partial charge in [0.05, 0.1) is 0 Å². The summed E-state index contributed by atoms with van der Waals surface area (Å²) in [7, 11) is 1.77. The summed E-state index contributed by atoms with van der Waals surface area (Å²) in [6.07, 6.45) is 1.66. The minimum absolute atomic E-state index is 0.218. The standard InChI is InChI=1S/C13H13N7OS/c1-20-13(17-18-19-20)22-8-7-15-12(21)10-5-4-9-3-2-6-14-11(9)16-10/h2-6H,7-8H2,1H3,(H,15,21). The summed E-state index contributed by atoms with van der Waals surface area (Å²) in [4.78, 5) is 20.5. The fraction of sp³-hybridized carbons (Fsp3) is 0.231. The molecule has 1 N–H and O–H groups in total. The van der Waals surface area contributed by atoms with E-state index in [1.807, 2.05) is 18.2 Å². The van der Waals surface area contributed by atoms with Gasteiger partial charge in [-0.15, -0.1) is 5.10 Å². The first-order valence-corrected chi connectivity index (χ1v) is 7.58. The van der Waals surface area contributed by atoms with Crippen molar-refractivity contribution in [1.29, 1.82) is 0 Å². The Bertz CT molecular complexity index is 804. The Hall–Kier alpha value is -2.55. The van der Waals surface area contributed by atoms with Crippen LogP contribution >= 0.6 is 11.8 Å². The lowest BCUT2D eigenvalue weighted by molar-refractivity contribution is 0.0951. The lowest BCUT2D eigenvalue weighted by Gasteiger charge is -2.04. The van der Waals surface area contributed by atoms with Gasteiger partial charge in [0, 0.05) is 30.9 Å². The van der Waals surface area contributed by atoms with E-state index in [9.17, 15) is 4.79 Å². The Morgan fingerprint density at radius 1 is 1.36 bits per heavy atom. The number of thioether (sulfide) groups is 1. The molecule has 112 valence electrons.